The van der Waals surface area contributed by atoms with E-state index >= 15 is 0 Å². The lowest BCUT2D eigenvalue weighted by Gasteiger charge is -2.38. The second-order valence-corrected chi connectivity index (χ2v) is 8.64. The number of hydrogen-bond acceptors (Lipinski definition) is 3. The summed E-state index contributed by atoms with van der Waals surface area (Å²) in [5, 5.41) is 3.75. The summed E-state index contributed by atoms with van der Waals surface area (Å²) >= 11 is 0. The van der Waals surface area contributed by atoms with E-state index in [4.69, 9.17) is 4.74 Å². The molecule has 3 unspecified atom stereocenters. The van der Waals surface area contributed by atoms with Crippen LogP contribution in [0, 0.1) is 17.8 Å². The van der Waals surface area contributed by atoms with E-state index in [1.807, 2.05) is 27.8 Å². The van der Waals surface area contributed by atoms with Crippen LogP contribution in [0.3, 0.4) is 0 Å². The molecular weight excluding hydrogens is 288 g/mol. The molecule has 0 aromatic rings. The quantitative estimate of drug-likeness (QED) is 0.740. The van der Waals surface area contributed by atoms with Gasteiger partial charge >= 0.3 is 6.09 Å². The Morgan fingerprint density at radius 3 is 2.52 bits per heavy atom. The van der Waals surface area contributed by atoms with Gasteiger partial charge in [-0.1, -0.05) is 27.2 Å². The normalized spacial score (nSPS) is 25.5. The molecule has 1 amide bonds. The minimum absolute atomic E-state index is 0.233. The smallest absolute Gasteiger partial charge is 0.410 e. The van der Waals surface area contributed by atoms with Crippen molar-refractivity contribution < 1.29 is 9.53 Å². The summed E-state index contributed by atoms with van der Waals surface area (Å²) < 4.78 is 5.38. The number of nitrogens with one attached hydrogen (secondary N) is 1. The lowest BCUT2D eigenvalue weighted by molar-refractivity contribution is 0.0296. The summed E-state index contributed by atoms with van der Waals surface area (Å²) in [5.41, 5.74) is -0.424. The lowest BCUT2D eigenvalue weighted by atomic mass is 9.74. The van der Waals surface area contributed by atoms with Gasteiger partial charge in [-0.3, -0.25) is 0 Å². The molecule has 136 valence electrons. The zero-order valence-electron chi connectivity index (χ0n) is 16.3. The summed E-state index contributed by atoms with van der Waals surface area (Å²) in [6, 6.07) is 0.630. The van der Waals surface area contributed by atoms with Crippen molar-refractivity contribution >= 4 is 6.09 Å². The fourth-order valence-corrected chi connectivity index (χ4v) is 3.47. The third kappa shape index (κ3) is 7.56. The Morgan fingerprint density at radius 2 is 1.96 bits per heavy atom. The van der Waals surface area contributed by atoms with Crippen LogP contribution in [0.5, 0.6) is 0 Å². The first-order valence-electron chi connectivity index (χ1n) is 9.27. The van der Waals surface area contributed by atoms with Crippen molar-refractivity contribution in [1.29, 1.82) is 0 Å². The first kappa shape index (κ1) is 20.3. The van der Waals surface area contributed by atoms with E-state index in [9.17, 15) is 4.79 Å². The molecule has 0 aromatic heterocycles. The third-order valence-corrected chi connectivity index (χ3v) is 4.80. The van der Waals surface area contributed by atoms with Gasteiger partial charge in [0.2, 0.25) is 0 Å². The van der Waals surface area contributed by atoms with Crippen LogP contribution in [0.2, 0.25) is 0 Å². The zero-order valence-corrected chi connectivity index (χ0v) is 16.3. The third-order valence-electron chi connectivity index (χ3n) is 4.80. The molecule has 0 bridgehead atoms. The number of nitrogens with zero attached hydrogens (tertiary/aromatic N) is 1. The van der Waals surface area contributed by atoms with E-state index < -0.39 is 5.60 Å². The van der Waals surface area contributed by atoms with Gasteiger partial charge in [-0.05, 0) is 64.3 Å². The predicted molar refractivity (Wildman–Crippen MR) is 96.6 cm³/mol. The second kappa shape index (κ2) is 8.91. The van der Waals surface area contributed by atoms with Crippen LogP contribution >= 0.6 is 0 Å². The minimum Gasteiger partial charge on any atom is -0.444 e. The molecule has 1 aliphatic rings. The number of rotatable bonds is 6. The fraction of sp³-hybridized carbons (Fsp3) is 0.947. The molecule has 0 saturated heterocycles. The number of ether oxygens (including phenoxy) is 1. The summed E-state index contributed by atoms with van der Waals surface area (Å²) in [4.78, 5) is 13.6. The van der Waals surface area contributed by atoms with Crippen LogP contribution in [-0.4, -0.2) is 42.8 Å². The Hall–Kier alpha value is -0.770. The van der Waals surface area contributed by atoms with E-state index in [-0.39, 0.29) is 6.09 Å². The van der Waals surface area contributed by atoms with Crippen LogP contribution in [0.4, 0.5) is 4.79 Å². The summed E-state index contributed by atoms with van der Waals surface area (Å²) in [6.07, 6.45) is 4.72. The average Bonchev–Trinajstić information content (AvgIpc) is 2.41. The highest BCUT2D eigenvalue weighted by Crippen LogP contribution is 2.33. The van der Waals surface area contributed by atoms with Crippen molar-refractivity contribution in [2.45, 2.75) is 78.9 Å². The molecule has 0 radical (unpaired) electrons. The van der Waals surface area contributed by atoms with E-state index in [0.29, 0.717) is 6.04 Å². The van der Waals surface area contributed by atoms with Gasteiger partial charge in [-0.15, -0.1) is 0 Å². The van der Waals surface area contributed by atoms with E-state index in [2.05, 4.69) is 26.1 Å². The van der Waals surface area contributed by atoms with Gasteiger partial charge in [0.05, 0.1) is 0 Å². The van der Waals surface area contributed by atoms with Gasteiger partial charge in [-0.25, -0.2) is 4.79 Å². The molecule has 4 heteroatoms. The van der Waals surface area contributed by atoms with E-state index in [0.717, 1.165) is 37.3 Å². The zero-order chi connectivity index (χ0) is 17.6. The van der Waals surface area contributed by atoms with Crippen LogP contribution in [0.25, 0.3) is 0 Å². The molecule has 1 saturated carbocycles. The first-order valence-corrected chi connectivity index (χ1v) is 9.27. The van der Waals surface area contributed by atoms with E-state index in [1.165, 1.54) is 19.3 Å². The Morgan fingerprint density at radius 1 is 1.30 bits per heavy atom. The van der Waals surface area contributed by atoms with Crippen molar-refractivity contribution in [1.82, 2.24) is 10.2 Å². The molecule has 1 N–H and O–H groups in total. The molecule has 0 spiro atoms. The standard InChI is InChI=1S/C19H38N2O2/c1-14(2)16-10-9-15(3)13-17(16)20-11-8-12-21(7)18(22)23-19(4,5)6/h14-17,20H,8-13H2,1-7H3. The topological polar surface area (TPSA) is 41.6 Å². The van der Waals surface area contributed by atoms with Gasteiger partial charge in [-0.2, -0.15) is 0 Å². The molecule has 1 rings (SSSR count). The van der Waals surface area contributed by atoms with Gasteiger partial charge in [0.15, 0.2) is 0 Å². The Kier molecular flexibility index (Phi) is 7.85. The monoisotopic (exact) mass is 326 g/mol. The van der Waals surface area contributed by atoms with Crippen molar-refractivity contribution in [2.75, 3.05) is 20.1 Å². The Bertz CT molecular complexity index is 363. The SMILES string of the molecule is CC1CCC(C(C)C)C(NCCCN(C)C(=O)OC(C)(C)C)C1. The summed E-state index contributed by atoms with van der Waals surface area (Å²) in [6.45, 7) is 14.4. The largest absolute Gasteiger partial charge is 0.444 e. The molecule has 0 heterocycles. The van der Waals surface area contributed by atoms with Gasteiger partial charge in [0, 0.05) is 19.6 Å². The molecule has 23 heavy (non-hydrogen) atoms. The van der Waals surface area contributed by atoms with Gasteiger partial charge in [0.25, 0.3) is 0 Å². The first-order chi connectivity index (χ1) is 10.6. The minimum atomic E-state index is -0.424. The number of amides is 1. The molecule has 1 aliphatic carbocycles. The van der Waals surface area contributed by atoms with Crippen molar-refractivity contribution in [2.24, 2.45) is 17.8 Å². The number of hydrogen-bond donors (Lipinski definition) is 1. The van der Waals surface area contributed by atoms with Crippen LogP contribution in [-0.2, 0) is 4.74 Å². The van der Waals surface area contributed by atoms with Crippen molar-refractivity contribution in [3.05, 3.63) is 0 Å². The maximum absolute atomic E-state index is 11.9. The van der Waals surface area contributed by atoms with Gasteiger partial charge < -0.3 is 15.0 Å². The lowest BCUT2D eigenvalue weighted by Crippen LogP contribution is -2.44. The number of carbonyl (C=O) groups excluding carboxylic acids is 1. The van der Waals surface area contributed by atoms with E-state index in [1.54, 1.807) is 4.90 Å². The van der Waals surface area contributed by atoms with Crippen LogP contribution in [0.15, 0.2) is 0 Å². The second-order valence-electron chi connectivity index (χ2n) is 8.64. The van der Waals surface area contributed by atoms with Gasteiger partial charge in [0.1, 0.15) is 5.60 Å². The highest BCUT2D eigenvalue weighted by atomic mass is 16.6. The number of carbonyl (C=O) groups is 1. The van der Waals surface area contributed by atoms with Crippen molar-refractivity contribution in [3.63, 3.8) is 0 Å². The summed E-state index contributed by atoms with van der Waals surface area (Å²) in [5.74, 6) is 2.35. The average molecular weight is 327 g/mol. The molecule has 0 aromatic carbocycles. The highest BCUT2D eigenvalue weighted by Gasteiger charge is 2.30. The predicted octanol–water partition coefficient (Wildman–Crippen LogP) is 4.29. The maximum atomic E-state index is 11.9. The van der Waals surface area contributed by atoms with Crippen molar-refractivity contribution in [3.8, 4) is 0 Å². The molecule has 1 fully saturated rings. The molecule has 3 atom stereocenters. The fourth-order valence-electron chi connectivity index (χ4n) is 3.47. The van der Waals surface area contributed by atoms with Crippen LogP contribution in [0.1, 0.15) is 67.2 Å². The molecule has 4 nitrogen and oxygen atoms in total. The highest BCUT2D eigenvalue weighted by molar-refractivity contribution is 5.67. The Labute approximate surface area is 143 Å². The Balaban J connectivity index is 2.31. The van der Waals surface area contributed by atoms with Crippen LogP contribution < -0.4 is 5.32 Å². The molecular formula is C19H38N2O2. The molecule has 0 aliphatic heterocycles. The summed E-state index contributed by atoms with van der Waals surface area (Å²) in [7, 11) is 1.81. The maximum Gasteiger partial charge on any atom is 0.410 e.